The van der Waals surface area contributed by atoms with Gasteiger partial charge < -0.3 is 5.73 Å². The van der Waals surface area contributed by atoms with Crippen LogP contribution in [0.3, 0.4) is 0 Å². The Labute approximate surface area is 124 Å². The zero-order chi connectivity index (χ0) is 15.0. The summed E-state index contributed by atoms with van der Waals surface area (Å²) in [5, 5.41) is 4.58. The molecule has 3 rings (SSSR count). The molecule has 4 nitrogen and oxygen atoms in total. The van der Waals surface area contributed by atoms with E-state index < -0.39 is 0 Å². The normalized spacial score (nSPS) is 10.8. The summed E-state index contributed by atoms with van der Waals surface area (Å²) in [7, 11) is 1.87. The lowest BCUT2D eigenvalue weighted by atomic mass is 10.00. The van der Waals surface area contributed by atoms with E-state index in [2.05, 4.69) is 41.3 Å². The van der Waals surface area contributed by atoms with Gasteiger partial charge in [0.05, 0.1) is 5.56 Å². The Hall–Kier alpha value is -2.62. The third-order valence-electron chi connectivity index (χ3n) is 3.60. The third kappa shape index (κ3) is 2.40. The number of pyridine rings is 1. The molecule has 0 fully saturated rings. The van der Waals surface area contributed by atoms with Crippen LogP contribution in [0.2, 0.25) is 0 Å². The van der Waals surface area contributed by atoms with E-state index in [0.717, 1.165) is 28.1 Å². The quantitative estimate of drug-likeness (QED) is 0.782. The maximum absolute atomic E-state index is 6.23. The lowest BCUT2D eigenvalue weighted by Gasteiger charge is -2.05. The van der Waals surface area contributed by atoms with Gasteiger partial charge in [0.1, 0.15) is 11.5 Å². The fourth-order valence-corrected chi connectivity index (χ4v) is 2.44. The van der Waals surface area contributed by atoms with Crippen LogP contribution in [-0.4, -0.2) is 14.8 Å². The second-order valence-electron chi connectivity index (χ2n) is 5.28. The Bertz CT molecular complexity index is 785. The topological polar surface area (TPSA) is 56.7 Å². The van der Waals surface area contributed by atoms with Crippen molar-refractivity contribution in [3.8, 4) is 22.4 Å². The second-order valence-corrected chi connectivity index (χ2v) is 5.28. The monoisotopic (exact) mass is 278 g/mol. The molecule has 0 aliphatic rings. The van der Waals surface area contributed by atoms with Gasteiger partial charge in [-0.1, -0.05) is 29.8 Å². The van der Waals surface area contributed by atoms with Crippen molar-refractivity contribution in [2.45, 2.75) is 13.8 Å². The number of rotatable bonds is 2. The van der Waals surface area contributed by atoms with Gasteiger partial charge in [-0.3, -0.25) is 9.67 Å². The first kappa shape index (κ1) is 13.4. The molecule has 0 bridgehead atoms. The Kier molecular flexibility index (Phi) is 3.22. The molecule has 3 aromatic rings. The van der Waals surface area contributed by atoms with E-state index in [4.69, 9.17) is 5.73 Å². The molecule has 1 aromatic carbocycles. The maximum atomic E-state index is 6.23. The highest BCUT2D eigenvalue weighted by Crippen LogP contribution is 2.35. The molecule has 0 saturated heterocycles. The molecular weight excluding hydrogens is 260 g/mol. The van der Waals surface area contributed by atoms with Crippen LogP contribution in [0.1, 0.15) is 11.3 Å². The first-order valence-electron chi connectivity index (χ1n) is 6.89. The molecule has 0 aliphatic heterocycles. The van der Waals surface area contributed by atoms with Gasteiger partial charge in [0.25, 0.3) is 0 Å². The number of nitrogens with zero attached hydrogens (tertiary/aromatic N) is 3. The van der Waals surface area contributed by atoms with Crippen LogP contribution in [0.4, 0.5) is 5.82 Å². The minimum atomic E-state index is 0.670. The van der Waals surface area contributed by atoms with Crippen molar-refractivity contribution < 1.29 is 0 Å². The summed E-state index contributed by atoms with van der Waals surface area (Å²) in [6.45, 7) is 4.05. The standard InChI is InChI=1S/C17H18N4/c1-11-4-6-13(7-5-11)15-16(20-21(3)17(15)18)14-8-9-19-12(2)10-14/h4-10H,18H2,1-3H3. The lowest BCUT2D eigenvalue weighted by molar-refractivity contribution is 0.782. The average molecular weight is 278 g/mol. The molecule has 0 atom stereocenters. The Morgan fingerprint density at radius 2 is 1.71 bits per heavy atom. The third-order valence-corrected chi connectivity index (χ3v) is 3.60. The van der Waals surface area contributed by atoms with E-state index in [0.29, 0.717) is 5.82 Å². The van der Waals surface area contributed by atoms with Crippen molar-refractivity contribution in [2.75, 3.05) is 5.73 Å². The zero-order valence-electron chi connectivity index (χ0n) is 12.5. The summed E-state index contributed by atoms with van der Waals surface area (Å²) in [6, 6.07) is 12.3. The van der Waals surface area contributed by atoms with Crippen LogP contribution in [-0.2, 0) is 7.05 Å². The van der Waals surface area contributed by atoms with Crippen LogP contribution in [0.25, 0.3) is 22.4 Å². The molecule has 0 spiro atoms. The molecule has 4 heteroatoms. The summed E-state index contributed by atoms with van der Waals surface area (Å²) in [5.41, 5.74) is 12.4. The largest absolute Gasteiger partial charge is 0.383 e. The molecule has 0 unspecified atom stereocenters. The van der Waals surface area contributed by atoms with Gasteiger partial charge in [0, 0.05) is 24.5 Å². The van der Waals surface area contributed by atoms with Gasteiger partial charge in [0.15, 0.2) is 0 Å². The molecule has 106 valence electrons. The predicted octanol–water partition coefficient (Wildman–Crippen LogP) is 3.35. The first-order chi connectivity index (χ1) is 10.1. The number of aromatic nitrogens is 3. The highest BCUT2D eigenvalue weighted by molar-refractivity contribution is 5.88. The van der Waals surface area contributed by atoms with E-state index in [1.54, 1.807) is 10.9 Å². The number of nitrogen functional groups attached to an aromatic ring is 1. The molecule has 0 saturated carbocycles. The number of nitrogens with two attached hydrogens (primary N) is 1. The number of hydrogen-bond acceptors (Lipinski definition) is 3. The molecule has 2 heterocycles. The van der Waals surface area contributed by atoms with E-state index in [-0.39, 0.29) is 0 Å². The molecule has 21 heavy (non-hydrogen) atoms. The van der Waals surface area contributed by atoms with Gasteiger partial charge in [-0.15, -0.1) is 0 Å². The smallest absolute Gasteiger partial charge is 0.129 e. The van der Waals surface area contributed by atoms with Crippen LogP contribution in [0.5, 0.6) is 0 Å². The summed E-state index contributed by atoms with van der Waals surface area (Å²) in [5.74, 6) is 0.670. The fraction of sp³-hybridized carbons (Fsp3) is 0.176. The summed E-state index contributed by atoms with van der Waals surface area (Å²) in [4.78, 5) is 4.24. The van der Waals surface area contributed by atoms with Crippen molar-refractivity contribution in [1.82, 2.24) is 14.8 Å². The highest BCUT2D eigenvalue weighted by Gasteiger charge is 2.17. The van der Waals surface area contributed by atoms with E-state index in [9.17, 15) is 0 Å². The molecule has 0 aliphatic carbocycles. The van der Waals surface area contributed by atoms with Crippen molar-refractivity contribution in [3.05, 3.63) is 53.9 Å². The molecule has 2 aromatic heterocycles. The van der Waals surface area contributed by atoms with Crippen LogP contribution in [0, 0.1) is 13.8 Å². The lowest BCUT2D eigenvalue weighted by Crippen LogP contribution is -1.97. The summed E-state index contributed by atoms with van der Waals surface area (Å²) >= 11 is 0. The van der Waals surface area contributed by atoms with Crippen LogP contribution in [0.15, 0.2) is 42.6 Å². The van der Waals surface area contributed by atoms with E-state index in [1.165, 1.54) is 5.56 Å². The minimum Gasteiger partial charge on any atom is -0.383 e. The van der Waals surface area contributed by atoms with E-state index >= 15 is 0 Å². The van der Waals surface area contributed by atoms with Gasteiger partial charge >= 0.3 is 0 Å². The SMILES string of the molecule is Cc1ccc(-c2c(-c3ccnc(C)c3)nn(C)c2N)cc1. The van der Waals surface area contributed by atoms with Crippen molar-refractivity contribution in [2.24, 2.45) is 7.05 Å². The van der Waals surface area contributed by atoms with Gasteiger partial charge in [-0.25, -0.2) is 0 Å². The van der Waals surface area contributed by atoms with Gasteiger partial charge in [0.2, 0.25) is 0 Å². The van der Waals surface area contributed by atoms with Crippen LogP contribution < -0.4 is 5.73 Å². The second kappa shape index (κ2) is 5.05. The van der Waals surface area contributed by atoms with Gasteiger partial charge in [-0.05, 0) is 31.5 Å². The van der Waals surface area contributed by atoms with Crippen molar-refractivity contribution in [3.63, 3.8) is 0 Å². The summed E-state index contributed by atoms with van der Waals surface area (Å²) < 4.78 is 1.72. The minimum absolute atomic E-state index is 0.670. The molecule has 2 N–H and O–H groups in total. The highest BCUT2D eigenvalue weighted by atomic mass is 15.3. The Balaban J connectivity index is 2.23. The van der Waals surface area contributed by atoms with Gasteiger partial charge in [-0.2, -0.15) is 5.10 Å². The Morgan fingerprint density at radius 1 is 1.00 bits per heavy atom. The molecular formula is C17H18N4. The number of anilines is 1. The average Bonchev–Trinajstić information content (AvgIpc) is 2.76. The summed E-state index contributed by atoms with van der Waals surface area (Å²) in [6.07, 6.45) is 1.80. The molecule has 0 radical (unpaired) electrons. The fourth-order valence-electron chi connectivity index (χ4n) is 2.44. The number of aryl methyl sites for hydroxylation is 3. The molecule has 0 amide bonds. The predicted molar refractivity (Wildman–Crippen MR) is 85.8 cm³/mol. The van der Waals surface area contributed by atoms with Crippen molar-refractivity contribution in [1.29, 1.82) is 0 Å². The number of benzene rings is 1. The van der Waals surface area contributed by atoms with Crippen molar-refractivity contribution >= 4 is 5.82 Å². The first-order valence-corrected chi connectivity index (χ1v) is 6.89. The van der Waals surface area contributed by atoms with E-state index in [1.807, 2.05) is 26.1 Å². The Morgan fingerprint density at radius 3 is 2.38 bits per heavy atom. The zero-order valence-corrected chi connectivity index (χ0v) is 12.5. The maximum Gasteiger partial charge on any atom is 0.129 e. The number of hydrogen-bond donors (Lipinski definition) is 1. The van der Waals surface area contributed by atoms with Crippen LogP contribution >= 0.6 is 0 Å².